The molecular weight excluding hydrogens is 334 g/mol. The highest BCUT2D eigenvalue weighted by atomic mass is 35.5. The molecule has 0 spiro atoms. The fraction of sp³-hybridized carbons (Fsp3) is 0.125. The third kappa shape index (κ3) is 4.79. The molecule has 0 saturated heterocycles. The van der Waals surface area contributed by atoms with Crippen LogP contribution >= 0.6 is 11.6 Å². The van der Waals surface area contributed by atoms with Crippen LogP contribution in [0, 0.1) is 10.1 Å². The first-order chi connectivity index (χ1) is 11.3. The van der Waals surface area contributed by atoms with Gasteiger partial charge < -0.3 is 10.6 Å². The van der Waals surface area contributed by atoms with Gasteiger partial charge in [0.05, 0.1) is 11.3 Å². The van der Waals surface area contributed by atoms with E-state index in [2.05, 4.69) is 10.6 Å². The largest absolute Gasteiger partial charge is 0.326 e. The second-order valence-corrected chi connectivity index (χ2v) is 5.46. The van der Waals surface area contributed by atoms with Gasteiger partial charge in [-0.3, -0.25) is 19.7 Å². The molecule has 2 amide bonds. The van der Waals surface area contributed by atoms with Crippen molar-refractivity contribution in [2.24, 2.45) is 0 Å². The van der Waals surface area contributed by atoms with Crippen molar-refractivity contribution in [1.82, 2.24) is 0 Å². The third-order valence-corrected chi connectivity index (χ3v) is 3.30. The van der Waals surface area contributed by atoms with Crippen LogP contribution in [-0.4, -0.2) is 16.7 Å². The Labute approximate surface area is 142 Å². The SMILES string of the molecule is CC(=O)Nc1ccc(CC(=O)Nc2ccc(Cl)cc2[N+](=O)[O-])cc1. The Balaban J connectivity index is 2.06. The van der Waals surface area contributed by atoms with Crippen LogP contribution in [0.4, 0.5) is 17.1 Å². The van der Waals surface area contributed by atoms with E-state index >= 15 is 0 Å². The molecule has 2 aromatic carbocycles. The smallest absolute Gasteiger partial charge is 0.294 e. The summed E-state index contributed by atoms with van der Waals surface area (Å²) in [6.07, 6.45) is 0.0418. The van der Waals surface area contributed by atoms with Gasteiger partial charge in [-0.05, 0) is 29.8 Å². The number of nitrogens with zero attached hydrogens (tertiary/aromatic N) is 1. The van der Waals surface area contributed by atoms with E-state index in [0.717, 1.165) is 0 Å². The zero-order valence-electron chi connectivity index (χ0n) is 12.7. The minimum absolute atomic E-state index is 0.0418. The predicted molar refractivity (Wildman–Crippen MR) is 91.2 cm³/mol. The summed E-state index contributed by atoms with van der Waals surface area (Å²) in [7, 11) is 0. The summed E-state index contributed by atoms with van der Waals surface area (Å²) in [6.45, 7) is 1.40. The van der Waals surface area contributed by atoms with Crippen LogP contribution in [0.25, 0.3) is 0 Å². The molecule has 24 heavy (non-hydrogen) atoms. The van der Waals surface area contributed by atoms with Gasteiger partial charge in [0.25, 0.3) is 5.69 Å². The Morgan fingerprint density at radius 2 is 1.79 bits per heavy atom. The number of benzene rings is 2. The summed E-state index contributed by atoms with van der Waals surface area (Å²) in [5, 5.41) is 16.3. The van der Waals surface area contributed by atoms with Gasteiger partial charge in [-0.2, -0.15) is 0 Å². The van der Waals surface area contributed by atoms with Crippen molar-refractivity contribution in [3.63, 3.8) is 0 Å². The molecule has 0 radical (unpaired) electrons. The molecule has 2 rings (SSSR count). The van der Waals surface area contributed by atoms with E-state index in [-0.39, 0.29) is 28.7 Å². The van der Waals surface area contributed by atoms with Gasteiger partial charge in [0, 0.05) is 23.7 Å². The van der Waals surface area contributed by atoms with Crippen LogP contribution in [0.5, 0.6) is 0 Å². The number of halogens is 1. The van der Waals surface area contributed by atoms with Crippen LogP contribution in [-0.2, 0) is 16.0 Å². The molecule has 0 atom stereocenters. The number of rotatable bonds is 5. The maximum absolute atomic E-state index is 12.1. The van der Waals surface area contributed by atoms with E-state index in [1.165, 1.54) is 25.1 Å². The first kappa shape index (κ1) is 17.4. The Bertz CT molecular complexity index is 790. The summed E-state index contributed by atoms with van der Waals surface area (Å²) in [5.74, 6) is -0.580. The first-order valence-electron chi connectivity index (χ1n) is 6.95. The van der Waals surface area contributed by atoms with Gasteiger partial charge >= 0.3 is 0 Å². The lowest BCUT2D eigenvalue weighted by Crippen LogP contribution is -2.15. The van der Waals surface area contributed by atoms with E-state index in [9.17, 15) is 19.7 Å². The average molecular weight is 348 g/mol. The second kappa shape index (κ2) is 7.56. The van der Waals surface area contributed by atoms with Crippen LogP contribution < -0.4 is 10.6 Å². The molecule has 0 aromatic heterocycles. The normalized spacial score (nSPS) is 10.1. The summed E-state index contributed by atoms with van der Waals surface area (Å²) >= 11 is 5.73. The van der Waals surface area contributed by atoms with Crippen LogP contribution in [0.3, 0.4) is 0 Å². The number of nitrogens with one attached hydrogen (secondary N) is 2. The van der Waals surface area contributed by atoms with Gasteiger partial charge in [0.2, 0.25) is 11.8 Å². The maximum atomic E-state index is 12.1. The van der Waals surface area contributed by atoms with E-state index in [1.807, 2.05) is 0 Å². The molecule has 0 aliphatic carbocycles. The highest BCUT2D eigenvalue weighted by molar-refractivity contribution is 6.31. The van der Waals surface area contributed by atoms with Crippen molar-refractivity contribution < 1.29 is 14.5 Å². The number of carbonyl (C=O) groups is 2. The lowest BCUT2D eigenvalue weighted by Gasteiger charge is -2.07. The molecule has 0 aliphatic rings. The minimum atomic E-state index is -0.607. The van der Waals surface area contributed by atoms with Crippen LogP contribution in [0.15, 0.2) is 42.5 Å². The second-order valence-electron chi connectivity index (χ2n) is 5.02. The Morgan fingerprint density at radius 3 is 2.38 bits per heavy atom. The van der Waals surface area contributed by atoms with E-state index < -0.39 is 10.8 Å². The molecule has 0 fully saturated rings. The monoisotopic (exact) mass is 347 g/mol. The molecule has 0 aliphatic heterocycles. The zero-order valence-corrected chi connectivity index (χ0v) is 13.5. The molecule has 2 N–H and O–H groups in total. The highest BCUT2D eigenvalue weighted by Gasteiger charge is 2.16. The lowest BCUT2D eigenvalue weighted by atomic mass is 10.1. The van der Waals surface area contributed by atoms with Crippen molar-refractivity contribution in [1.29, 1.82) is 0 Å². The molecule has 0 bridgehead atoms. The summed E-state index contributed by atoms with van der Waals surface area (Å²) in [6, 6.07) is 10.8. The zero-order chi connectivity index (χ0) is 17.7. The van der Waals surface area contributed by atoms with Crippen molar-refractivity contribution in [3.8, 4) is 0 Å². The predicted octanol–water partition coefficient (Wildman–Crippen LogP) is 3.39. The number of nitro groups is 1. The number of nitro benzene ring substituents is 1. The third-order valence-electron chi connectivity index (χ3n) is 3.07. The van der Waals surface area contributed by atoms with Gasteiger partial charge in [-0.25, -0.2) is 0 Å². The Kier molecular flexibility index (Phi) is 5.49. The molecule has 2 aromatic rings. The van der Waals surface area contributed by atoms with Gasteiger partial charge in [-0.15, -0.1) is 0 Å². The van der Waals surface area contributed by atoms with Crippen molar-refractivity contribution in [2.45, 2.75) is 13.3 Å². The van der Waals surface area contributed by atoms with Gasteiger partial charge in [0.1, 0.15) is 5.69 Å². The molecule has 8 heteroatoms. The van der Waals surface area contributed by atoms with E-state index in [4.69, 9.17) is 11.6 Å². The van der Waals surface area contributed by atoms with Crippen molar-refractivity contribution >= 4 is 40.5 Å². The number of hydrogen-bond acceptors (Lipinski definition) is 4. The number of hydrogen-bond donors (Lipinski definition) is 2. The number of anilines is 2. The van der Waals surface area contributed by atoms with E-state index in [1.54, 1.807) is 24.3 Å². The van der Waals surface area contributed by atoms with E-state index in [0.29, 0.717) is 11.3 Å². The van der Waals surface area contributed by atoms with Gasteiger partial charge in [0.15, 0.2) is 0 Å². The Hall–Kier alpha value is -2.93. The lowest BCUT2D eigenvalue weighted by molar-refractivity contribution is -0.383. The first-order valence-corrected chi connectivity index (χ1v) is 7.33. The molecule has 0 unspecified atom stereocenters. The number of carbonyl (C=O) groups excluding carboxylic acids is 2. The molecular formula is C16H14ClN3O4. The van der Waals surface area contributed by atoms with Gasteiger partial charge in [-0.1, -0.05) is 23.7 Å². The van der Waals surface area contributed by atoms with Crippen molar-refractivity contribution in [3.05, 3.63) is 63.2 Å². The minimum Gasteiger partial charge on any atom is -0.326 e. The average Bonchev–Trinajstić information content (AvgIpc) is 2.50. The summed E-state index contributed by atoms with van der Waals surface area (Å²) in [5.41, 5.74) is 1.15. The molecule has 0 heterocycles. The van der Waals surface area contributed by atoms with Crippen LogP contribution in [0.1, 0.15) is 12.5 Å². The standard InChI is InChI=1S/C16H14ClN3O4/c1-10(21)18-13-5-2-11(3-6-13)8-16(22)19-14-7-4-12(17)9-15(14)20(23)24/h2-7,9H,8H2,1H3,(H,18,21)(H,19,22). The Morgan fingerprint density at radius 1 is 1.12 bits per heavy atom. The topological polar surface area (TPSA) is 101 Å². The fourth-order valence-corrected chi connectivity index (χ4v) is 2.22. The maximum Gasteiger partial charge on any atom is 0.294 e. The quantitative estimate of drug-likeness (QED) is 0.639. The summed E-state index contributed by atoms with van der Waals surface area (Å²) in [4.78, 5) is 33.4. The molecule has 7 nitrogen and oxygen atoms in total. The van der Waals surface area contributed by atoms with Crippen LogP contribution in [0.2, 0.25) is 5.02 Å². The molecule has 124 valence electrons. The summed E-state index contributed by atoms with van der Waals surface area (Å²) < 4.78 is 0. The number of amides is 2. The van der Waals surface area contributed by atoms with Crippen molar-refractivity contribution in [2.75, 3.05) is 10.6 Å². The highest BCUT2D eigenvalue weighted by Crippen LogP contribution is 2.27. The fourth-order valence-electron chi connectivity index (χ4n) is 2.05. The molecule has 0 saturated carbocycles.